The van der Waals surface area contributed by atoms with E-state index < -0.39 is 5.97 Å². The lowest BCUT2D eigenvalue weighted by atomic mass is 10.1. The number of aromatic carboxylic acids is 1. The summed E-state index contributed by atoms with van der Waals surface area (Å²) in [6.45, 7) is 0.338. The summed E-state index contributed by atoms with van der Waals surface area (Å²) >= 11 is 3.20. The molecule has 0 radical (unpaired) electrons. The van der Waals surface area contributed by atoms with E-state index in [1.807, 2.05) is 0 Å². The summed E-state index contributed by atoms with van der Waals surface area (Å²) < 4.78 is 5.95. The van der Waals surface area contributed by atoms with Crippen molar-refractivity contribution < 1.29 is 19.1 Å². The minimum absolute atomic E-state index is 0.152. The van der Waals surface area contributed by atoms with Crippen molar-refractivity contribution >= 4 is 27.8 Å². The first-order valence-corrected chi connectivity index (χ1v) is 6.59. The van der Waals surface area contributed by atoms with Crippen LogP contribution < -0.4 is 0 Å². The summed E-state index contributed by atoms with van der Waals surface area (Å²) in [4.78, 5) is 24.4. The van der Waals surface area contributed by atoms with Crippen molar-refractivity contribution in [1.29, 1.82) is 0 Å². The second kappa shape index (κ2) is 5.92. The SMILES string of the molecule is CN(Cc1ccc(Br)o1)C(=O)c1ccc(C(=O)O)cc1. The van der Waals surface area contributed by atoms with Gasteiger partial charge in [-0.15, -0.1) is 0 Å². The van der Waals surface area contributed by atoms with Crippen LogP contribution in [0.4, 0.5) is 0 Å². The number of furan rings is 1. The molecule has 1 aromatic heterocycles. The van der Waals surface area contributed by atoms with Gasteiger partial charge in [-0.05, 0) is 52.3 Å². The summed E-state index contributed by atoms with van der Waals surface area (Å²) in [6, 6.07) is 9.36. The highest BCUT2D eigenvalue weighted by Gasteiger charge is 2.14. The predicted molar refractivity (Wildman–Crippen MR) is 75.6 cm³/mol. The fraction of sp³-hybridized carbons (Fsp3) is 0.143. The second-order valence-electron chi connectivity index (χ2n) is 4.25. The van der Waals surface area contributed by atoms with Gasteiger partial charge in [-0.25, -0.2) is 4.79 Å². The minimum Gasteiger partial charge on any atom is -0.478 e. The summed E-state index contributed by atoms with van der Waals surface area (Å²) in [5, 5.41) is 8.81. The van der Waals surface area contributed by atoms with Crippen molar-refractivity contribution in [2.45, 2.75) is 6.54 Å². The molecule has 0 aliphatic carbocycles. The zero-order valence-corrected chi connectivity index (χ0v) is 12.3. The Labute approximate surface area is 123 Å². The molecule has 1 aromatic carbocycles. The maximum atomic E-state index is 12.2. The Bertz CT molecular complexity index is 633. The van der Waals surface area contributed by atoms with Crippen LogP contribution in [0.3, 0.4) is 0 Å². The largest absolute Gasteiger partial charge is 0.478 e. The Hall–Kier alpha value is -2.08. The van der Waals surface area contributed by atoms with Crippen molar-refractivity contribution in [3.8, 4) is 0 Å². The van der Waals surface area contributed by atoms with Crippen LogP contribution in [0.1, 0.15) is 26.5 Å². The minimum atomic E-state index is -1.02. The van der Waals surface area contributed by atoms with Gasteiger partial charge in [0.05, 0.1) is 12.1 Å². The Morgan fingerprint density at radius 3 is 2.25 bits per heavy atom. The van der Waals surface area contributed by atoms with E-state index in [4.69, 9.17) is 9.52 Å². The molecule has 104 valence electrons. The van der Waals surface area contributed by atoms with Gasteiger partial charge in [0.1, 0.15) is 5.76 Å². The highest BCUT2D eigenvalue weighted by Crippen LogP contribution is 2.16. The van der Waals surface area contributed by atoms with Crippen LogP contribution in [0.15, 0.2) is 45.5 Å². The molecule has 1 heterocycles. The number of carboxylic acid groups (broad SMARTS) is 1. The third-order valence-corrected chi connectivity index (χ3v) is 3.17. The van der Waals surface area contributed by atoms with Crippen LogP contribution >= 0.6 is 15.9 Å². The number of carbonyl (C=O) groups excluding carboxylic acids is 1. The van der Waals surface area contributed by atoms with E-state index in [2.05, 4.69) is 15.9 Å². The van der Waals surface area contributed by atoms with E-state index in [1.165, 1.54) is 29.2 Å². The Balaban J connectivity index is 2.08. The van der Waals surface area contributed by atoms with Gasteiger partial charge in [-0.3, -0.25) is 4.79 Å². The molecular formula is C14H12BrNO4. The first-order chi connectivity index (χ1) is 9.47. The lowest BCUT2D eigenvalue weighted by Crippen LogP contribution is -2.26. The summed E-state index contributed by atoms with van der Waals surface area (Å²) in [6.07, 6.45) is 0. The molecule has 0 atom stereocenters. The number of benzene rings is 1. The molecule has 0 bridgehead atoms. The van der Waals surface area contributed by atoms with Gasteiger partial charge >= 0.3 is 5.97 Å². The number of amides is 1. The fourth-order valence-corrected chi connectivity index (χ4v) is 2.06. The molecule has 6 heteroatoms. The zero-order valence-electron chi connectivity index (χ0n) is 10.7. The number of hydrogen-bond acceptors (Lipinski definition) is 3. The molecular weight excluding hydrogens is 326 g/mol. The molecule has 1 amide bonds. The van der Waals surface area contributed by atoms with E-state index in [9.17, 15) is 9.59 Å². The van der Waals surface area contributed by atoms with Crippen molar-refractivity contribution in [2.75, 3.05) is 7.05 Å². The lowest BCUT2D eigenvalue weighted by Gasteiger charge is -2.15. The fourth-order valence-electron chi connectivity index (χ4n) is 1.72. The standard InChI is InChI=1S/C14H12BrNO4/c1-16(8-11-6-7-12(15)20-11)13(17)9-2-4-10(5-3-9)14(18)19/h2-7H,8H2,1H3,(H,18,19). The first-order valence-electron chi connectivity index (χ1n) is 5.80. The number of halogens is 1. The normalized spacial score (nSPS) is 10.3. The Morgan fingerprint density at radius 1 is 1.15 bits per heavy atom. The second-order valence-corrected chi connectivity index (χ2v) is 5.03. The van der Waals surface area contributed by atoms with Gasteiger partial charge in [0.2, 0.25) is 0 Å². The van der Waals surface area contributed by atoms with Gasteiger partial charge in [-0.1, -0.05) is 0 Å². The third-order valence-electron chi connectivity index (χ3n) is 2.75. The molecule has 2 rings (SSSR count). The highest BCUT2D eigenvalue weighted by atomic mass is 79.9. The average molecular weight is 338 g/mol. The van der Waals surface area contributed by atoms with Gasteiger partial charge in [0, 0.05) is 12.6 Å². The average Bonchev–Trinajstić information content (AvgIpc) is 2.83. The van der Waals surface area contributed by atoms with E-state index in [0.29, 0.717) is 22.5 Å². The maximum absolute atomic E-state index is 12.2. The quantitative estimate of drug-likeness (QED) is 0.930. The number of rotatable bonds is 4. The number of carboxylic acids is 1. The summed E-state index contributed by atoms with van der Waals surface area (Å²) in [7, 11) is 1.66. The van der Waals surface area contributed by atoms with Gasteiger partial charge < -0.3 is 14.4 Å². The van der Waals surface area contributed by atoms with Gasteiger partial charge in [0.15, 0.2) is 4.67 Å². The van der Waals surface area contributed by atoms with Crippen molar-refractivity contribution in [2.24, 2.45) is 0 Å². The Kier molecular flexibility index (Phi) is 4.24. The maximum Gasteiger partial charge on any atom is 0.335 e. The van der Waals surface area contributed by atoms with Gasteiger partial charge in [0.25, 0.3) is 5.91 Å². The predicted octanol–water partition coefficient (Wildman–Crippen LogP) is 3.01. The first kappa shape index (κ1) is 14.3. The van der Waals surface area contributed by atoms with E-state index in [0.717, 1.165) is 0 Å². The smallest absolute Gasteiger partial charge is 0.335 e. The summed E-state index contributed by atoms with van der Waals surface area (Å²) in [5.41, 5.74) is 0.585. The van der Waals surface area contributed by atoms with Crippen LogP contribution in [-0.4, -0.2) is 28.9 Å². The lowest BCUT2D eigenvalue weighted by molar-refractivity contribution is 0.0695. The number of carbonyl (C=O) groups is 2. The molecule has 2 aromatic rings. The van der Waals surface area contributed by atoms with Crippen molar-refractivity contribution in [1.82, 2.24) is 4.90 Å². The number of hydrogen-bond donors (Lipinski definition) is 1. The molecule has 0 fully saturated rings. The summed E-state index contributed by atoms with van der Waals surface area (Å²) in [5.74, 6) is -0.554. The molecule has 0 saturated heterocycles. The van der Waals surface area contributed by atoms with Crippen LogP contribution in [0.25, 0.3) is 0 Å². The van der Waals surface area contributed by atoms with Crippen molar-refractivity contribution in [3.05, 3.63) is 58.0 Å². The monoisotopic (exact) mass is 337 g/mol. The van der Waals surface area contributed by atoms with Crippen LogP contribution in [0.5, 0.6) is 0 Å². The molecule has 1 N–H and O–H groups in total. The third kappa shape index (κ3) is 3.27. The van der Waals surface area contributed by atoms with Crippen LogP contribution in [-0.2, 0) is 6.54 Å². The molecule has 0 saturated carbocycles. The van der Waals surface area contributed by atoms with Crippen LogP contribution in [0.2, 0.25) is 0 Å². The molecule has 0 unspecified atom stereocenters. The van der Waals surface area contributed by atoms with Crippen molar-refractivity contribution in [3.63, 3.8) is 0 Å². The molecule has 0 aliphatic heterocycles. The Morgan fingerprint density at radius 2 is 1.75 bits per heavy atom. The molecule has 0 spiro atoms. The molecule has 20 heavy (non-hydrogen) atoms. The topological polar surface area (TPSA) is 70.8 Å². The highest BCUT2D eigenvalue weighted by molar-refractivity contribution is 9.10. The zero-order chi connectivity index (χ0) is 14.7. The van der Waals surface area contributed by atoms with E-state index in [1.54, 1.807) is 19.2 Å². The number of nitrogens with zero attached hydrogens (tertiary/aromatic N) is 1. The molecule has 0 aliphatic rings. The van der Waals surface area contributed by atoms with Crippen LogP contribution in [0, 0.1) is 0 Å². The molecule has 5 nitrogen and oxygen atoms in total. The van der Waals surface area contributed by atoms with Gasteiger partial charge in [-0.2, -0.15) is 0 Å². The van der Waals surface area contributed by atoms with E-state index in [-0.39, 0.29) is 11.5 Å². The van der Waals surface area contributed by atoms with E-state index >= 15 is 0 Å².